The number of carbonyl (C=O) groups is 1. The summed E-state index contributed by atoms with van der Waals surface area (Å²) in [6, 6.07) is 8.22. The van der Waals surface area contributed by atoms with Crippen LogP contribution in [0.15, 0.2) is 24.3 Å². The van der Waals surface area contributed by atoms with E-state index in [1.807, 2.05) is 25.1 Å². The Balaban J connectivity index is 1.49. The van der Waals surface area contributed by atoms with Gasteiger partial charge in [0.05, 0.1) is 11.0 Å². The van der Waals surface area contributed by atoms with E-state index in [4.69, 9.17) is 0 Å². The van der Waals surface area contributed by atoms with Crippen LogP contribution in [0.4, 0.5) is 0 Å². The van der Waals surface area contributed by atoms with Crippen LogP contribution in [0.2, 0.25) is 0 Å². The summed E-state index contributed by atoms with van der Waals surface area (Å²) >= 11 is 0. The number of para-hydroxylation sites is 2. The summed E-state index contributed by atoms with van der Waals surface area (Å²) < 4.78 is 2.24. The number of fused-ring (bicyclic) bond motifs is 1. The van der Waals surface area contributed by atoms with Crippen LogP contribution in [-0.4, -0.2) is 22.0 Å². The molecular formula is C19H27N3O. The third kappa shape index (κ3) is 3.57. The van der Waals surface area contributed by atoms with Gasteiger partial charge in [0.1, 0.15) is 5.82 Å². The summed E-state index contributed by atoms with van der Waals surface area (Å²) in [4.78, 5) is 16.8. The number of aryl methyl sites for hydroxylation is 2. The molecule has 0 saturated heterocycles. The topological polar surface area (TPSA) is 46.9 Å². The summed E-state index contributed by atoms with van der Waals surface area (Å²) in [6.45, 7) is 5.76. The molecule has 3 rings (SSSR count). The summed E-state index contributed by atoms with van der Waals surface area (Å²) in [5.74, 6) is 2.02. The van der Waals surface area contributed by atoms with Gasteiger partial charge in [0.15, 0.2) is 0 Å². The number of hydrogen-bond acceptors (Lipinski definition) is 2. The van der Waals surface area contributed by atoms with Crippen molar-refractivity contribution in [3.8, 4) is 0 Å². The molecule has 1 aromatic heterocycles. The van der Waals surface area contributed by atoms with Crippen LogP contribution >= 0.6 is 0 Å². The zero-order chi connectivity index (χ0) is 16.2. The first-order valence-electron chi connectivity index (χ1n) is 8.86. The quantitative estimate of drug-likeness (QED) is 0.827. The van der Waals surface area contributed by atoms with Crippen molar-refractivity contribution in [2.45, 2.75) is 52.5 Å². The van der Waals surface area contributed by atoms with Crippen LogP contribution in [-0.2, 0) is 11.3 Å². The van der Waals surface area contributed by atoms with Gasteiger partial charge in [0.25, 0.3) is 0 Å². The van der Waals surface area contributed by atoms with Crippen molar-refractivity contribution < 1.29 is 4.79 Å². The van der Waals surface area contributed by atoms with Crippen molar-refractivity contribution in [1.82, 2.24) is 14.9 Å². The Labute approximate surface area is 138 Å². The molecule has 4 heteroatoms. The number of imidazole rings is 1. The second kappa shape index (κ2) is 7.16. The lowest BCUT2D eigenvalue weighted by atomic mass is 9.92. The van der Waals surface area contributed by atoms with Crippen LogP contribution in [0.5, 0.6) is 0 Å². The second-order valence-corrected chi connectivity index (χ2v) is 6.78. The van der Waals surface area contributed by atoms with E-state index in [0.717, 1.165) is 30.9 Å². The van der Waals surface area contributed by atoms with Gasteiger partial charge in [-0.1, -0.05) is 31.9 Å². The first kappa shape index (κ1) is 16.0. The van der Waals surface area contributed by atoms with E-state index in [0.29, 0.717) is 5.92 Å². The largest absolute Gasteiger partial charge is 0.356 e. The van der Waals surface area contributed by atoms with Gasteiger partial charge >= 0.3 is 0 Å². The third-order valence-corrected chi connectivity index (χ3v) is 5.22. The van der Waals surface area contributed by atoms with E-state index in [9.17, 15) is 4.79 Å². The molecule has 1 aliphatic rings. The molecule has 0 bridgehead atoms. The predicted octanol–water partition coefficient (Wildman–Crippen LogP) is 3.68. The zero-order valence-electron chi connectivity index (χ0n) is 14.2. The van der Waals surface area contributed by atoms with E-state index in [-0.39, 0.29) is 11.8 Å². The van der Waals surface area contributed by atoms with Crippen LogP contribution < -0.4 is 5.32 Å². The number of carbonyl (C=O) groups excluding carboxylic acids is 1. The molecule has 1 amide bonds. The minimum absolute atomic E-state index is 0.160. The number of aromatic nitrogens is 2. The average Bonchev–Trinajstić information content (AvgIpc) is 3.18. The maximum atomic E-state index is 12.2. The molecular weight excluding hydrogens is 286 g/mol. The molecule has 1 heterocycles. The van der Waals surface area contributed by atoms with Gasteiger partial charge in [-0.3, -0.25) is 4.79 Å². The van der Waals surface area contributed by atoms with E-state index >= 15 is 0 Å². The maximum absolute atomic E-state index is 12.2. The van der Waals surface area contributed by atoms with Gasteiger partial charge in [-0.05, 0) is 44.2 Å². The SMILES string of the molecule is Cc1nc2ccccc2n1CCCNC(=O)C(C)C1CCCC1. The lowest BCUT2D eigenvalue weighted by molar-refractivity contribution is -0.126. The molecule has 1 atom stereocenters. The Morgan fingerprint density at radius 1 is 1.35 bits per heavy atom. The molecule has 23 heavy (non-hydrogen) atoms. The van der Waals surface area contributed by atoms with Crippen LogP contribution in [0, 0.1) is 18.8 Å². The Hall–Kier alpha value is -1.84. The Morgan fingerprint density at radius 2 is 2.09 bits per heavy atom. The molecule has 1 aromatic carbocycles. The summed E-state index contributed by atoms with van der Waals surface area (Å²) in [7, 11) is 0. The molecule has 1 N–H and O–H groups in total. The Bertz CT molecular complexity index is 670. The van der Waals surface area contributed by atoms with E-state index in [2.05, 4.69) is 27.9 Å². The molecule has 124 valence electrons. The maximum Gasteiger partial charge on any atom is 0.223 e. The number of benzene rings is 1. The molecule has 1 unspecified atom stereocenters. The van der Waals surface area contributed by atoms with Crippen molar-refractivity contribution >= 4 is 16.9 Å². The Morgan fingerprint density at radius 3 is 2.87 bits per heavy atom. The normalized spacial score (nSPS) is 16.8. The zero-order valence-corrected chi connectivity index (χ0v) is 14.2. The molecule has 1 saturated carbocycles. The molecule has 2 aromatic rings. The fraction of sp³-hybridized carbons (Fsp3) is 0.579. The molecule has 0 spiro atoms. The summed E-state index contributed by atoms with van der Waals surface area (Å²) in [5.41, 5.74) is 2.22. The van der Waals surface area contributed by atoms with E-state index < -0.39 is 0 Å². The highest BCUT2D eigenvalue weighted by molar-refractivity contribution is 5.78. The minimum Gasteiger partial charge on any atom is -0.356 e. The lowest BCUT2D eigenvalue weighted by Gasteiger charge is -2.18. The molecule has 1 aliphatic carbocycles. The monoisotopic (exact) mass is 313 g/mol. The van der Waals surface area contributed by atoms with E-state index in [1.54, 1.807) is 0 Å². The number of nitrogens with one attached hydrogen (secondary N) is 1. The van der Waals surface area contributed by atoms with Gasteiger partial charge in [0, 0.05) is 19.0 Å². The van der Waals surface area contributed by atoms with Gasteiger partial charge < -0.3 is 9.88 Å². The third-order valence-electron chi connectivity index (χ3n) is 5.22. The second-order valence-electron chi connectivity index (χ2n) is 6.78. The highest BCUT2D eigenvalue weighted by Gasteiger charge is 2.26. The van der Waals surface area contributed by atoms with Crippen molar-refractivity contribution in [2.24, 2.45) is 11.8 Å². The number of rotatable bonds is 6. The molecule has 0 aliphatic heterocycles. The number of nitrogens with zero attached hydrogens (tertiary/aromatic N) is 2. The smallest absolute Gasteiger partial charge is 0.223 e. The van der Waals surface area contributed by atoms with Gasteiger partial charge in [-0.25, -0.2) is 4.98 Å². The summed E-state index contributed by atoms with van der Waals surface area (Å²) in [6.07, 6.45) is 5.94. The van der Waals surface area contributed by atoms with Crippen molar-refractivity contribution in [3.63, 3.8) is 0 Å². The van der Waals surface area contributed by atoms with Gasteiger partial charge in [-0.15, -0.1) is 0 Å². The highest BCUT2D eigenvalue weighted by Crippen LogP contribution is 2.31. The fourth-order valence-corrected chi connectivity index (χ4v) is 3.76. The minimum atomic E-state index is 0.160. The van der Waals surface area contributed by atoms with E-state index in [1.165, 1.54) is 31.2 Å². The standard InChI is InChI=1S/C19H27N3O/c1-14(16-8-3-4-9-16)19(23)20-12-7-13-22-15(2)21-17-10-5-6-11-18(17)22/h5-6,10-11,14,16H,3-4,7-9,12-13H2,1-2H3,(H,20,23). The van der Waals surface area contributed by atoms with Gasteiger partial charge in [-0.2, -0.15) is 0 Å². The van der Waals surface area contributed by atoms with Gasteiger partial charge in [0.2, 0.25) is 5.91 Å². The molecule has 4 nitrogen and oxygen atoms in total. The van der Waals surface area contributed by atoms with Crippen LogP contribution in [0.3, 0.4) is 0 Å². The van der Waals surface area contributed by atoms with Crippen LogP contribution in [0.1, 0.15) is 44.9 Å². The Kier molecular flexibility index (Phi) is 4.99. The summed E-state index contributed by atoms with van der Waals surface area (Å²) in [5, 5.41) is 3.12. The first-order valence-corrected chi connectivity index (χ1v) is 8.86. The van der Waals surface area contributed by atoms with Crippen molar-refractivity contribution in [1.29, 1.82) is 0 Å². The highest BCUT2D eigenvalue weighted by atomic mass is 16.1. The lowest BCUT2D eigenvalue weighted by Crippen LogP contribution is -2.33. The van der Waals surface area contributed by atoms with Crippen LogP contribution in [0.25, 0.3) is 11.0 Å². The predicted molar refractivity (Wildman–Crippen MR) is 93.2 cm³/mol. The molecule has 1 fully saturated rings. The fourth-order valence-electron chi connectivity index (χ4n) is 3.76. The van der Waals surface area contributed by atoms with Crippen molar-refractivity contribution in [3.05, 3.63) is 30.1 Å². The number of amides is 1. The van der Waals surface area contributed by atoms with Crippen molar-refractivity contribution in [2.75, 3.05) is 6.54 Å². The first-order chi connectivity index (χ1) is 11.2. The average molecular weight is 313 g/mol. The number of hydrogen-bond donors (Lipinski definition) is 1. The molecule has 0 radical (unpaired) electrons.